The molecular formula is C13H10F2N2O. The molecule has 0 aliphatic heterocycles. The lowest BCUT2D eigenvalue weighted by atomic mass is 10.2. The lowest BCUT2D eigenvalue weighted by molar-refractivity contribution is 0.0958. The molecule has 0 saturated heterocycles. The molecule has 0 bridgehead atoms. The molecule has 2 aromatic carbocycles. The summed E-state index contributed by atoms with van der Waals surface area (Å²) < 4.78 is 26.0. The first-order valence-corrected chi connectivity index (χ1v) is 5.23. The topological polar surface area (TPSA) is 41.1 Å². The van der Waals surface area contributed by atoms with E-state index in [4.69, 9.17) is 0 Å². The van der Waals surface area contributed by atoms with Crippen LogP contribution < -0.4 is 10.9 Å². The van der Waals surface area contributed by atoms with Crippen LogP contribution >= 0.6 is 0 Å². The zero-order valence-electron chi connectivity index (χ0n) is 9.28. The second-order valence-corrected chi connectivity index (χ2v) is 3.57. The quantitative estimate of drug-likeness (QED) is 0.820. The molecule has 0 saturated carbocycles. The molecule has 0 atom stereocenters. The van der Waals surface area contributed by atoms with Crippen molar-refractivity contribution in [3.63, 3.8) is 0 Å². The Kier molecular flexibility index (Phi) is 3.52. The van der Waals surface area contributed by atoms with Crippen LogP contribution in [0.25, 0.3) is 0 Å². The van der Waals surface area contributed by atoms with Crippen LogP contribution in [0.2, 0.25) is 0 Å². The van der Waals surface area contributed by atoms with Crippen LogP contribution in [0.15, 0.2) is 48.5 Å². The van der Waals surface area contributed by atoms with Crippen molar-refractivity contribution in [2.24, 2.45) is 0 Å². The van der Waals surface area contributed by atoms with Crippen molar-refractivity contribution in [3.8, 4) is 0 Å². The number of hydrogen-bond acceptors (Lipinski definition) is 2. The van der Waals surface area contributed by atoms with E-state index in [0.717, 1.165) is 12.1 Å². The second-order valence-electron chi connectivity index (χ2n) is 3.57. The van der Waals surface area contributed by atoms with Crippen molar-refractivity contribution in [3.05, 3.63) is 65.7 Å². The third-order valence-electron chi connectivity index (χ3n) is 2.27. The maximum atomic E-state index is 13.3. The van der Waals surface area contributed by atoms with E-state index in [9.17, 15) is 13.6 Å². The SMILES string of the molecule is O=C(NNc1ccccc1)c1ccc(F)cc1F. The van der Waals surface area contributed by atoms with Crippen LogP contribution in [0.3, 0.4) is 0 Å². The highest BCUT2D eigenvalue weighted by Crippen LogP contribution is 2.09. The summed E-state index contributed by atoms with van der Waals surface area (Å²) in [5.74, 6) is -2.29. The summed E-state index contributed by atoms with van der Waals surface area (Å²) in [6.07, 6.45) is 0. The minimum Gasteiger partial charge on any atom is -0.298 e. The maximum Gasteiger partial charge on any atom is 0.272 e. The summed E-state index contributed by atoms with van der Waals surface area (Å²) in [4.78, 5) is 11.6. The van der Waals surface area contributed by atoms with E-state index in [1.54, 1.807) is 24.3 Å². The van der Waals surface area contributed by atoms with Gasteiger partial charge < -0.3 is 0 Å². The number of para-hydroxylation sites is 1. The summed E-state index contributed by atoms with van der Waals surface area (Å²) in [6, 6.07) is 11.7. The largest absolute Gasteiger partial charge is 0.298 e. The number of nitrogens with one attached hydrogen (secondary N) is 2. The lowest BCUT2D eigenvalue weighted by Gasteiger charge is -2.08. The number of anilines is 1. The molecule has 2 rings (SSSR count). The van der Waals surface area contributed by atoms with Crippen molar-refractivity contribution in [1.29, 1.82) is 0 Å². The normalized spacial score (nSPS) is 9.89. The van der Waals surface area contributed by atoms with Gasteiger partial charge in [0.2, 0.25) is 0 Å². The first-order chi connectivity index (χ1) is 8.66. The summed E-state index contributed by atoms with van der Waals surface area (Å²) in [5.41, 5.74) is 5.39. The van der Waals surface area contributed by atoms with Gasteiger partial charge in [-0.15, -0.1) is 0 Å². The highest BCUT2D eigenvalue weighted by molar-refractivity contribution is 5.95. The van der Waals surface area contributed by atoms with E-state index in [2.05, 4.69) is 10.9 Å². The Bertz CT molecular complexity index is 558. The van der Waals surface area contributed by atoms with Gasteiger partial charge in [-0.1, -0.05) is 18.2 Å². The van der Waals surface area contributed by atoms with E-state index in [-0.39, 0.29) is 5.56 Å². The first kappa shape index (κ1) is 12.0. The van der Waals surface area contributed by atoms with Gasteiger partial charge in [0.1, 0.15) is 11.6 Å². The van der Waals surface area contributed by atoms with Gasteiger partial charge in [-0.2, -0.15) is 0 Å². The average molecular weight is 248 g/mol. The Labute approximate surface area is 102 Å². The van der Waals surface area contributed by atoms with Gasteiger partial charge in [-0.25, -0.2) is 8.78 Å². The first-order valence-electron chi connectivity index (χ1n) is 5.23. The Balaban J connectivity index is 2.04. The van der Waals surface area contributed by atoms with Crippen molar-refractivity contribution < 1.29 is 13.6 Å². The molecule has 1 amide bonds. The average Bonchev–Trinajstić information content (AvgIpc) is 2.37. The van der Waals surface area contributed by atoms with E-state index < -0.39 is 17.5 Å². The summed E-state index contributed by atoms with van der Waals surface area (Å²) in [7, 11) is 0. The number of hydrogen-bond donors (Lipinski definition) is 2. The highest BCUT2D eigenvalue weighted by atomic mass is 19.1. The van der Waals surface area contributed by atoms with Crippen LogP contribution in [-0.4, -0.2) is 5.91 Å². The van der Waals surface area contributed by atoms with Crippen LogP contribution in [0.4, 0.5) is 14.5 Å². The summed E-state index contributed by atoms with van der Waals surface area (Å²) in [6.45, 7) is 0. The third-order valence-corrected chi connectivity index (χ3v) is 2.27. The Hall–Kier alpha value is -2.43. The highest BCUT2D eigenvalue weighted by Gasteiger charge is 2.11. The summed E-state index contributed by atoms with van der Waals surface area (Å²) in [5, 5.41) is 0. The van der Waals surface area contributed by atoms with E-state index >= 15 is 0 Å². The monoisotopic (exact) mass is 248 g/mol. The Morgan fingerprint density at radius 3 is 2.39 bits per heavy atom. The van der Waals surface area contributed by atoms with Crippen LogP contribution in [0.1, 0.15) is 10.4 Å². The summed E-state index contributed by atoms with van der Waals surface area (Å²) >= 11 is 0. The maximum absolute atomic E-state index is 13.3. The fraction of sp³-hybridized carbons (Fsp3) is 0. The number of rotatable bonds is 3. The zero-order valence-corrected chi connectivity index (χ0v) is 9.28. The predicted octanol–water partition coefficient (Wildman–Crippen LogP) is 2.72. The molecule has 2 N–H and O–H groups in total. The predicted molar refractivity (Wildman–Crippen MR) is 63.9 cm³/mol. The minimum absolute atomic E-state index is 0.222. The molecule has 0 aliphatic carbocycles. The molecule has 0 heterocycles. The van der Waals surface area contributed by atoms with Gasteiger partial charge in [0.15, 0.2) is 0 Å². The van der Waals surface area contributed by atoms with Gasteiger partial charge in [0, 0.05) is 6.07 Å². The van der Waals surface area contributed by atoms with E-state index in [1.165, 1.54) is 0 Å². The Morgan fingerprint density at radius 2 is 1.72 bits per heavy atom. The molecular weight excluding hydrogens is 238 g/mol. The van der Waals surface area contributed by atoms with Gasteiger partial charge in [0.05, 0.1) is 11.3 Å². The molecule has 92 valence electrons. The van der Waals surface area contributed by atoms with Crippen LogP contribution in [0, 0.1) is 11.6 Å². The van der Waals surface area contributed by atoms with E-state index in [1.807, 2.05) is 6.07 Å². The number of carbonyl (C=O) groups is 1. The molecule has 0 fully saturated rings. The molecule has 0 spiro atoms. The second kappa shape index (κ2) is 5.27. The smallest absolute Gasteiger partial charge is 0.272 e. The van der Waals surface area contributed by atoms with Crippen LogP contribution in [0.5, 0.6) is 0 Å². The lowest BCUT2D eigenvalue weighted by Crippen LogP contribution is -2.30. The fourth-order valence-electron chi connectivity index (χ4n) is 1.39. The van der Waals surface area contributed by atoms with Crippen molar-refractivity contribution >= 4 is 11.6 Å². The number of halogens is 2. The Morgan fingerprint density at radius 1 is 1.00 bits per heavy atom. The molecule has 18 heavy (non-hydrogen) atoms. The molecule has 3 nitrogen and oxygen atoms in total. The third kappa shape index (κ3) is 2.82. The minimum atomic E-state index is -0.901. The van der Waals surface area contributed by atoms with Crippen molar-refractivity contribution in [1.82, 2.24) is 5.43 Å². The molecule has 0 radical (unpaired) electrons. The van der Waals surface area contributed by atoms with Crippen molar-refractivity contribution in [2.75, 3.05) is 5.43 Å². The van der Waals surface area contributed by atoms with E-state index in [0.29, 0.717) is 11.8 Å². The number of hydrazine groups is 1. The molecule has 2 aromatic rings. The molecule has 0 unspecified atom stereocenters. The molecule has 0 aliphatic rings. The van der Waals surface area contributed by atoms with Crippen molar-refractivity contribution in [2.45, 2.75) is 0 Å². The van der Waals surface area contributed by atoms with Gasteiger partial charge in [0.25, 0.3) is 5.91 Å². The van der Waals surface area contributed by atoms with Gasteiger partial charge >= 0.3 is 0 Å². The molecule has 0 aromatic heterocycles. The number of carbonyl (C=O) groups excluding carboxylic acids is 1. The van der Waals surface area contributed by atoms with Gasteiger partial charge in [-0.3, -0.25) is 15.6 Å². The molecule has 5 heteroatoms. The fourth-order valence-corrected chi connectivity index (χ4v) is 1.39. The van der Waals surface area contributed by atoms with Gasteiger partial charge in [-0.05, 0) is 24.3 Å². The van der Waals surface area contributed by atoms with Crippen LogP contribution in [-0.2, 0) is 0 Å². The number of benzene rings is 2. The number of amides is 1. The standard InChI is InChI=1S/C13H10F2N2O/c14-9-6-7-11(12(15)8-9)13(18)17-16-10-4-2-1-3-5-10/h1-8,16H,(H,17,18). The zero-order chi connectivity index (χ0) is 13.0.